The lowest BCUT2D eigenvalue weighted by molar-refractivity contribution is -0.120. The van der Waals surface area contributed by atoms with Crippen LogP contribution in [0.25, 0.3) is 10.8 Å². The molecular weight excluding hydrogens is 310 g/mol. The smallest absolute Gasteiger partial charge is 0.135 e. The fourth-order valence-corrected chi connectivity index (χ4v) is 3.00. The van der Waals surface area contributed by atoms with E-state index in [0.717, 1.165) is 17.0 Å². The quantitative estimate of drug-likeness (QED) is 0.671. The van der Waals surface area contributed by atoms with Gasteiger partial charge in [0.25, 0.3) is 0 Å². The van der Waals surface area contributed by atoms with Crippen LogP contribution in [0.15, 0.2) is 66.7 Å². The lowest BCUT2D eigenvalue weighted by Gasteiger charge is -2.25. The van der Waals surface area contributed by atoms with Crippen LogP contribution in [0.5, 0.6) is 5.75 Å². The van der Waals surface area contributed by atoms with Crippen molar-refractivity contribution in [1.29, 1.82) is 0 Å². The summed E-state index contributed by atoms with van der Waals surface area (Å²) in [6.45, 7) is 3.62. The second-order valence-electron chi connectivity index (χ2n) is 6.36. The molecule has 2 unspecified atom stereocenters. The van der Waals surface area contributed by atoms with E-state index in [1.165, 1.54) is 10.8 Å². The lowest BCUT2D eigenvalue weighted by Crippen LogP contribution is -2.24. The SMILES string of the molecule is COc1ccc(NC(c2ccc3ccccc3c2)C(C)C(C)=O)cc1. The topological polar surface area (TPSA) is 38.3 Å². The van der Waals surface area contributed by atoms with Crippen molar-refractivity contribution in [3.05, 3.63) is 72.3 Å². The summed E-state index contributed by atoms with van der Waals surface area (Å²) in [5, 5.41) is 5.89. The average molecular weight is 333 g/mol. The molecule has 3 heteroatoms. The first-order valence-electron chi connectivity index (χ1n) is 8.48. The van der Waals surface area contributed by atoms with Crippen LogP contribution in [0.3, 0.4) is 0 Å². The van der Waals surface area contributed by atoms with Gasteiger partial charge in [-0.05, 0) is 53.6 Å². The molecule has 3 nitrogen and oxygen atoms in total. The van der Waals surface area contributed by atoms with Gasteiger partial charge in [-0.3, -0.25) is 4.79 Å². The standard InChI is InChI=1S/C22H23NO2/c1-15(16(2)24)22(23-20-10-12-21(25-3)13-11-20)19-9-8-17-6-4-5-7-18(17)14-19/h4-15,22-23H,1-3H3. The number of carbonyl (C=O) groups is 1. The van der Waals surface area contributed by atoms with Gasteiger partial charge in [0, 0.05) is 11.6 Å². The Balaban J connectivity index is 1.96. The van der Waals surface area contributed by atoms with Crippen LogP contribution < -0.4 is 10.1 Å². The second-order valence-corrected chi connectivity index (χ2v) is 6.36. The number of fused-ring (bicyclic) bond motifs is 1. The molecule has 1 N–H and O–H groups in total. The van der Waals surface area contributed by atoms with Crippen molar-refractivity contribution in [3.8, 4) is 5.75 Å². The summed E-state index contributed by atoms with van der Waals surface area (Å²) in [7, 11) is 1.65. The fourth-order valence-electron chi connectivity index (χ4n) is 3.00. The van der Waals surface area contributed by atoms with Gasteiger partial charge in [-0.2, -0.15) is 0 Å². The molecule has 3 aromatic carbocycles. The molecule has 3 aromatic rings. The molecule has 0 saturated carbocycles. The minimum atomic E-state index is -0.136. The average Bonchev–Trinajstić information content (AvgIpc) is 2.65. The minimum Gasteiger partial charge on any atom is -0.497 e. The number of carbonyl (C=O) groups excluding carboxylic acids is 1. The van der Waals surface area contributed by atoms with Crippen LogP contribution in [-0.4, -0.2) is 12.9 Å². The number of hydrogen-bond donors (Lipinski definition) is 1. The molecule has 0 aliphatic rings. The number of nitrogens with one attached hydrogen (secondary N) is 1. The molecule has 0 heterocycles. The highest BCUT2D eigenvalue weighted by Crippen LogP contribution is 2.30. The largest absolute Gasteiger partial charge is 0.497 e. The van der Waals surface area contributed by atoms with Gasteiger partial charge in [0.15, 0.2) is 0 Å². The third-order valence-corrected chi connectivity index (χ3v) is 4.69. The summed E-state index contributed by atoms with van der Waals surface area (Å²) in [5.74, 6) is 0.842. The molecular formula is C22H23NO2. The molecule has 0 radical (unpaired) electrons. The lowest BCUT2D eigenvalue weighted by atomic mass is 9.90. The first-order valence-corrected chi connectivity index (χ1v) is 8.48. The Morgan fingerprint density at radius 3 is 2.28 bits per heavy atom. The van der Waals surface area contributed by atoms with E-state index in [-0.39, 0.29) is 17.7 Å². The second kappa shape index (κ2) is 7.39. The molecule has 0 fully saturated rings. The molecule has 0 saturated heterocycles. The van der Waals surface area contributed by atoms with Crippen LogP contribution >= 0.6 is 0 Å². The summed E-state index contributed by atoms with van der Waals surface area (Å²) < 4.78 is 5.21. The Labute approximate surface area is 148 Å². The van der Waals surface area contributed by atoms with Crippen LogP contribution in [-0.2, 0) is 4.79 Å². The predicted octanol–water partition coefficient (Wildman–Crippen LogP) is 5.23. The van der Waals surface area contributed by atoms with Gasteiger partial charge in [-0.1, -0.05) is 43.3 Å². The van der Waals surface area contributed by atoms with E-state index in [1.54, 1.807) is 14.0 Å². The van der Waals surface area contributed by atoms with E-state index >= 15 is 0 Å². The van der Waals surface area contributed by atoms with E-state index in [2.05, 4.69) is 35.6 Å². The number of methoxy groups -OCH3 is 1. The Hall–Kier alpha value is -2.81. The molecule has 0 amide bonds. The zero-order valence-corrected chi connectivity index (χ0v) is 14.8. The third-order valence-electron chi connectivity index (χ3n) is 4.69. The summed E-state index contributed by atoms with van der Waals surface area (Å²) >= 11 is 0. The van der Waals surface area contributed by atoms with E-state index < -0.39 is 0 Å². The number of ketones is 1. The zero-order chi connectivity index (χ0) is 17.8. The van der Waals surface area contributed by atoms with E-state index in [1.807, 2.05) is 43.3 Å². The van der Waals surface area contributed by atoms with E-state index in [0.29, 0.717) is 0 Å². The van der Waals surface area contributed by atoms with Crippen LogP contribution in [0.2, 0.25) is 0 Å². The van der Waals surface area contributed by atoms with Crippen molar-refractivity contribution in [2.24, 2.45) is 5.92 Å². The highest BCUT2D eigenvalue weighted by molar-refractivity contribution is 5.84. The Morgan fingerprint density at radius 2 is 1.64 bits per heavy atom. The number of benzene rings is 3. The number of anilines is 1. The summed E-state index contributed by atoms with van der Waals surface area (Å²) in [4.78, 5) is 12.1. The Morgan fingerprint density at radius 1 is 0.960 bits per heavy atom. The Kier molecular flexibility index (Phi) is 5.03. The first kappa shape index (κ1) is 17.0. The summed E-state index contributed by atoms with van der Waals surface area (Å²) in [5.41, 5.74) is 2.07. The van der Waals surface area contributed by atoms with Crippen molar-refractivity contribution in [2.45, 2.75) is 19.9 Å². The van der Waals surface area contributed by atoms with Gasteiger partial charge in [0.2, 0.25) is 0 Å². The van der Waals surface area contributed by atoms with Crippen molar-refractivity contribution in [1.82, 2.24) is 0 Å². The molecule has 0 aliphatic heterocycles. The zero-order valence-electron chi connectivity index (χ0n) is 14.8. The molecule has 0 bridgehead atoms. The summed E-state index contributed by atoms with van der Waals surface area (Å²) in [6, 6.07) is 22.3. The van der Waals surface area contributed by atoms with Gasteiger partial charge >= 0.3 is 0 Å². The molecule has 25 heavy (non-hydrogen) atoms. The third kappa shape index (κ3) is 3.82. The highest BCUT2D eigenvalue weighted by Gasteiger charge is 2.23. The van der Waals surface area contributed by atoms with Crippen LogP contribution in [0.1, 0.15) is 25.5 Å². The minimum absolute atomic E-state index is 0.0875. The molecule has 0 aliphatic carbocycles. The van der Waals surface area contributed by atoms with Crippen molar-refractivity contribution in [3.63, 3.8) is 0 Å². The van der Waals surface area contributed by atoms with Crippen molar-refractivity contribution < 1.29 is 9.53 Å². The van der Waals surface area contributed by atoms with Crippen molar-refractivity contribution >= 4 is 22.2 Å². The molecule has 128 valence electrons. The van der Waals surface area contributed by atoms with Crippen molar-refractivity contribution in [2.75, 3.05) is 12.4 Å². The van der Waals surface area contributed by atoms with Gasteiger partial charge in [0.05, 0.1) is 13.2 Å². The fraction of sp³-hybridized carbons (Fsp3) is 0.227. The monoisotopic (exact) mass is 333 g/mol. The highest BCUT2D eigenvalue weighted by atomic mass is 16.5. The first-order chi connectivity index (χ1) is 12.1. The predicted molar refractivity (Wildman–Crippen MR) is 103 cm³/mol. The maximum Gasteiger partial charge on any atom is 0.135 e. The summed E-state index contributed by atoms with van der Waals surface area (Å²) in [6.07, 6.45) is 0. The number of rotatable bonds is 6. The van der Waals surface area contributed by atoms with E-state index in [9.17, 15) is 4.79 Å². The number of hydrogen-bond acceptors (Lipinski definition) is 3. The van der Waals surface area contributed by atoms with Crippen LogP contribution in [0.4, 0.5) is 5.69 Å². The van der Waals surface area contributed by atoms with Gasteiger partial charge in [0.1, 0.15) is 11.5 Å². The molecule has 0 spiro atoms. The molecule has 0 aromatic heterocycles. The van der Waals surface area contributed by atoms with Gasteiger partial charge < -0.3 is 10.1 Å². The number of Topliss-reactive ketones (excluding diaryl/α,β-unsaturated/α-hetero) is 1. The maximum atomic E-state index is 12.1. The molecule has 2 atom stereocenters. The molecule has 3 rings (SSSR count). The van der Waals surface area contributed by atoms with Gasteiger partial charge in [-0.25, -0.2) is 0 Å². The van der Waals surface area contributed by atoms with Gasteiger partial charge in [-0.15, -0.1) is 0 Å². The normalized spacial score (nSPS) is 13.2. The van der Waals surface area contributed by atoms with Crippen LogP contribution in [0, 0.1) is 5.92 Å². The maximum absolute atomic E-state index is 12.1. The van der Waals surface area contributed by atoms with E-state index in [4.69, 9.17) is 4.74 Å². The number of ether oxygens (including phenoxy) is 1. The Bertz CT molecular complexity index is 871.